The lowest BCUT2D eigenvalue weighted by atomic mass is 9.86. The molecule has 1 fully saturated rings. The molecule has 4 heterocycles. The van der Waals surface area contributed by atoms with Crippen molar-refractivity contribution in [2.75, 3.05) is 49.1 Å². The van der Waals surface area contributed by atoms with Gasteiger partial charge in [0.25, 0.3) is 5.91 Å². The molecule has 0 aliphatic carbocycles. The number of rotatable bonds is 11. The predicted molar refractivity (Wildman–Crippen MR) is 164 cm³/mol. The van der Waals surface area contributed by atoms with E-state index in [9.17, 15) is 10.1 Å². The molecule has 1 aromatic carbocycles. The van der Waals surface area contributed by atoms with E-state index in [2.05, 4.69) is 45.2 Å². The van der Waals surface area contributed by atoms with E-state index in [0.717, 1.165) is 28.0 Å². The summed E-state index contributed by atoms with van der Waals surface area (Å²) in [5.74, 6) is 0.251. The van der Waals surface area contributed by atoms with Crippen LogP contribution in [-0.2, 0) is 17.0 Å². The van der Waals surface area contributed by atoms with E-state index < -0.39 is 21.4 Å². The predicted octanol–water partition coefficient (Wildman–Crippen LogP) is 4.37. The number of carbonyl (C=O) groups is 1. The fraction of sp³-hybridized carbons (Fsp3) is 0.433. The third kappa shape index (κ3) is 6.12. The highest BCUT2D eigenvalue weighted by molar-refractivity contribution is 8.32. The lowest BCUT2D eigenvalue weighted by Crippen LogP contribution is -2.63. The molecule has 222 valence electrons. The number of carbonyl (C=O) groups excluding carboxylic acids is 1. The minimum Gasteiger partial charge on any atom is -0.364 e. The zero-order valence-corrected chi connectivity index (χ0v) is 25.5. The molecule has 0 atom stereocenters. The molecule has 3 aromatic heterocycles. The molecule has 42 heavy (non-hydrogen) atoms. The van der Waals surface area contributed by atoms with Crippen LogP contribution in [0, 0.1) is 17.1 Å². The standard InChI is InChI=1S/C30H37FN8O2S/c1-21(2)36-29(40)22-6-7-26(25(31)14-22)38-17-30(18-38,9-10-32)39-16-23(15-35-39)27-24-8-11-37(28(24)34-19-33-27)20-41-12-13-42(3,4)5/h6-8,11,14-16,19,21H,9,12-13,17-18,20H2,1-5H3,(H,36,40). The highest BCUT2D eigenvalue weighted by atomic mass is 32.3. The van der Waals surface area contributed by atoms with E-state index in [1.807, 2.05) is 41.8 Å². The van der Waals surface area contributed by atoms with Gasteiger partial charge in [0.15, 0.2) is 0 Å². The van der Waals surface area contributed by atoms with Crippen LogP contribution in [-0.4, -0.2) is 80.5 Å². The van der Waals surface area contributed by atoms with Crippen LogP contribution in [0.4, 0.5) is 10.1 Å². The summed E-state index contributed by atoms with van der Waals surface area (Å²) in [6.45, 7) is 5.62. The number of amides is 1. The van der Waals surface area contributed by atoms with Gasteiger partial charge in [-0.1, -0.05) is 0 Å². The topological polar surface area (TPSA) is 114 Å². The lowest BCUT2D eigenvalue weighted by Gasteiger charge is -2.50. The average molecular weight is 593 g/mol. The molecule has 0 radical (unpaired) electrons. The van der Waals surface area contributed by atoms with Crippen LogP contribution in [0.15, 0.2) is 49.2 Å². The zero-order chi connectivity index (χ0) is 30.1. The second kappa shape index (κ2) is 11.7. The van der Waals surface area contributed by atoms with Crippen molar-refractivity contribution in [1.29, 1.82) is 5.26 Å². The average Bonchev–Trinajstić information content (AvgIpc) is 3.56. The van der Waals surface area contributed by atoms with Crippen molar-refractivity contribution in [3.05, 3.63) is 60.6 Å². The molecule has 4 aromatic rings. The summed E-state index contributed by atoms with van der Waals surface area (Å²) in [7, 11) is -0.618. The number of halogens is 1. The first-order valence-electron chi connectivity index (χ1n) is 13.8. The number of aromatic nitrogens is 5. The third-order valence-electron chi connectivity index (χ3n) is 7.32. The molecular weight excluding hydrogens is 555 g/mol. The molecule has 0 spiro atoms. The van der Waals surface area contributed by atoms with Crippen LogP contribution in [0.25, 0.3) is 22.3 Å². The molecule has 1 N–H and O–H groups in total. The number of nitriles is 1. The molecular formula is C30H37FN8O2S. The lowest BCUT2D eigenvalue weighted by molar-refractivity contribution is 0.0923. The Morgan fingerprint density at radius 3 is 2.71 bits per heavy atom. The number of fused-ring (bicyclic) bond motifs is 1. The molecule has 12 heteroatoms. The van der Waals surface area contributed by atoms with Crippen LogP contribution < -0.4 is 10.2 Å². The maximum Gasteiger partial charge on any atom is 0.251 e. The van der Waals surface area contributed by atoms with Crippen molar-refractivity contribution < 1.29 is 13.9 Å². The van der Waals surface area contributed by atoms with Crippen molar-refractivity contribution in [3.63, 3.8) is 0 Å². The number of hydrogen-bond donors (Lipinski definition) is 1. The summed E-state index contributed by atoms with van der Waals surface area (Å²) in [6, 6.07) is 8.70. The van der Waals surface area contributed by atoms with Crippen molar-refractivity contribution in [2.45, 2.75) is 38.6 Å². The van der Waals surface area contributed by atoms with E-state index in [-0.39, 0.29) is 23.9 Å². The van der Waals surface area contributed by atoms with E-state index in [1.165, 1.54) is 12.4 Å². The highest BCUT2D eigenvalue weighted by Crippen LogP contribution is 2.38. The van der Waals surface area contributed by atoms with Crippen molar-refractivity contribution in [3.8, 4) is 17.3 Å². The fourth-order valence-electron chi connectivity index (χ4n) is 5.08. The number of benzene rings is 1. The summed E-state index contributed by atoms with van der Waals surface area (Å²) < 4.78 is 24.7. The second-order valence-corrected chi connectivity index (χ2v) is 16.6. The number of hydrogen-bond acceptors (Lipinski definition) is 7. The minimum atomic E-state index is -0.618. The minimum absolute atomic E-state index is 0.0438. The summed E-state index contributed by atoms with van der Waals surface area (Å²) in [6.07, 6.45) is 14.2. The molecule has 1 aliphatic heterocycles. The fourth-order valence-corrected chi connectivity index (χ4v) is 5.70. The van der Waals surface area contributed by atoms with E-state index in [1.54, 1.807) is 23.0 Å². The molecule has 5 rings (SSSR count). The SMILES string of the molecule is CC(C)NC(=O)c1ccc(N2CC(CC#N)(n3cc(-c4ncnc5c4ccn5COCCS(C)(C)C)cn3)C2)c(F)c1. The number of anilines is 1. The van der Waals surface area contributed by atoms with Crippen LogP contribution in [0.3, 0.4) is 0 Å². The van der Waals surface area contributed by atoms with Crippen LogP contribution in [0.1, 0.15) is 30.6 Å². The van der Waals surface area contributed by atoms with Gasteiger partial charge in [-0.2, -0.15) is 10.4 Å². The zero-order valence-electron chi connectivity index (χ0n) is 24.7. The maximum atomic E-state index is 15.1. The van der Waals surface area contributed by atoms with Crippen LogP contribution in [0.2, 0.25) is 0 Å². The van der Waals surface area contributed by atoms with Gasteiger partial charge in [-0.25, -0.2) is 24.4 Å². The molecule has 1 amide bonds. The first kappa shape index (κ1) is 29.5. The molecule has 10 nitrogen and oxygen atoms in total. The van der Waals surface area contributed by atoms with Gasteiger partial charge in [0, 0.05) is 53.8 Å². The van der Waals surface area contributed by atoms with Gasteiger partial charge < -0.3 is 19.5 Å². The number of nitrogens with zero attached hydrogens (tertiary/aromatic N) is 7. The summed E-state index contributed by atoms with van der Waals surface area (Å²) in [4.78, 5) is 23.2. The summed E-state index contributed by atoms with van der Waals surface area (Å²) in [5, 5.41) is 17.9. The van der Waals surface area contributed by atoms with E-state index in [4.69, 9.17) is 4.74 Å². The van der Waals surface area contributed by atoms with Gasteiger partial charge in [0.05, 0.1) is 36.7 Å². The molecule has 0 bridgehead atoms. The van der Waals surface area contributed by atoms with E-state index in [0.29, 0.717) is 32.1 Å². The first-order chi connectivity index (χ1) is 20.0. The normalized spacial score (nSPS) is 15.0. The Bertz CT molecular complexity index is 1630. The molecule has 0 saturated carbocycles. The third-order valence-corrected chi connectivity index (χ3v) is 8.71. The van der Waals surface area contributed by atoms with Gasteiger partial charge in [-0.3, -0.25) is 9.48 Å². The Morgan fingerprint density at radius 1 is 1.24 bits per heavy atom. The highest BCUT2D eigenvalue weighted by Gasteiger charge is 2.46. The Balaban J connectivity index is 1.32. The second-order valence-electron chi connectivity index (χ2n) is 12.0. The Morgan fingerprint density at radius 2 is 2.02 bits per heavy atom. The molecule has 1 saturated heterocycles. The van der Waals surface area contributed by atoms with Gasteiger partial charge in [-0.05, 0) is 56.9 Å². The largest absolute Gasteiger partial charge is 0.364 e. The smallest absolute Gasteiger partial charge is 0.251 e. The number of nitrogens with one attached hydrogen (secondary N) is 1. The van der Waals surface area contributed by atoms with Crippen LogP contribution >= 0.6 is 10.0 Å². The van der Waals surface area contributed by atoms with Crippen molar-refractivity contribution >= 4 is 32.7 Å². The summed E-state index contributed by atoms with van der Waals surface area (Å²) >= 11 is 0. The molecule has 1 aliphatic rings. The Labute approximate surface area is 246 Å². The monoisotopic (exact) mass is 592 g/mol. The van der Waals surface area contributed by atoms with Crippen molar-refractivity contribution in [1.82, 2.24) is 29.6 Å². The van der Waals surface area contributed by atoms with Gasteiger partial charge in [0.2, 0.25) is 0 Å². The Kier molecular flexibility index (Phi) is 8.25. The number of ether oxygens (including phenoxy) is 1. The van der Waals surface area contributed by atoms with Crippen LogP contribution in [0.5, 0.6) is 0 Å². The quantitative estimate of drug-likeness (QED) is 0.257. The van der Waals surface area contributed by atoms with Crippen molar-refractivity contribution in [2.24, 2.45) is 0 Å². The summed E-state index contributed by atoms with van der Waals surface area (Å²) in [5.41, 5.74) is 2.37. The maximum absolute atomic E-state index is 15.1. The first-order valence-corrected chi connectivity index (χ1v) is 16.8. The Hall–Kier alpha value is -3.95. The van der Waals surface area contributed by atoms with Gasteiger partial charge in [0.1, 0.15) is 30.1 Å². The van der Waals surface area contributed by atoms with E-state index >= 15 is 4.39 Å². The molecule has 0 unspecified atom stereocenters. The van der Waals surface area contributed by atoms with Gasteiger partial charge >= 0.3 is 0 Å². The van der Waals surface area contributed by atoms with Gasteiger partial charge in [-0.15, -0.1) is 0 Å².